The molecule has 3 heteroatoms. The Labute approximate surface area is 95.7 Å². The van der Waals surface area contributed by atoms with Gasteiger partial charge in [-0.25, -0.2) is 4.98 Å². The van der Waals surface area contributed by atoms with Gasteiger partial charge in [0.1, 0.15) is 5.82 Å². The highest BCUT2D eigenvalue weighted by Crippen LogP contribution is 2.13. The van der Waals surface area contributed by atoms with Crippen molar-refractivity contribution in [2.45, 2.75) is 25.8 Å². The van der Waals surface area contributed by atoms with Crippen LogP contribution in [-0.2, 0) is 12.8 Å². The van der Waals surface area contributed by atoms with Crippen molar-refractivity contribution in [2.24, 2.45) is 5.73 Å². The lowest BCUT2D eigenvalue weighted by molar-refractivity contribution is 0.677. The predicted octanol–water partition coefficient (Wildman–Crippen LogP) is 2.21. The standard InChI is InChI=1S/C13H17N3/c1-2-10-3-5-11(6-4-10)9-12(14)13-15-7-8-16-13/h3-8,12H,2,9,14H2,1H3,(H,15,16). The Bertz CT molecular complexity index is 417. The van der Waals surface area contributed by atoms with Crippen molar-refractivity contribution in [1.29, 1.82) is 0 Å². The molecule has 3 N–H and O–H groups in total. The molecule has 16 heavy (non-hydrogen) atoms. The highest BCUT2D eigenvalue weighted by atomic mass is 14.9. The molecule has 3 nitrogen and oxygen atoms in total. The number of H-pyrrole nitrogens is 1. The lowest BCUT2D eigenvalue weighted by Crippen LogP contribution is -2.14. The topological polar surface area (TPSA) is 54.7 Å². The van der Waals surface area contributed by atoms with Crippen LogP contribution in [0.3, 0.4) is 0 Å². The number of aromatic amines is 1. The first kappa shape index (κ1) is 10.9. The number of nitrogens with two attached hydrogens (primary N) is 1. The fraction of sp³-hybridized carbons (Fsp3) is 0.308. The lowest BCUT2D eigenvalue weighted by atomic mass is 10.0. The van der Waals surface area contributed by atoms with Crippen LogP contribution in [0.5, 0.6) is 0 Å². The zero-order valence-electron chi connectivity index (χ0n) is 9.48. The van der Waals surface area contributed by atoms with E-state index in [1.54, 1.807) is 12.4 Å². The van der Waals surface area contributed by atoms with Crippen molar-refractivity contribution in [3.05, 3.63) is 53.6 Å². The minimum atomic E-state index is -0.0533. The molecule has 0 saturated heterocycles. The molecule has 0 radical (unpaired) electrons. The Morgan fingerprint density at radius 2 is 1.94 bits per heavy atom. The first-order valence-corrected chi connectivity index (χ1v) is 5.62. The molecular weight excluding hydrogens is 198 g/mol. The van der Waals surface area contributed by atoms with E-state index in [9.17, 15) is 0 Å². The number of aromatic nitrogens is 2. The Morgan fingerprint density at radius 1 is 1.25 bits per heavy atom. The summed E-state index contributed by atoms with van der Waals surface area (Å²) in [5, 5.41) is 0. The highest BCUT2D eigenvalue weighted by molar-refractivity contribution is 5.23. The molecule has 0 fully saturated rings. The van der Waals surface area contributed by atoms with Crippen molar-refractivity contribution in [3.8, 4) is 0 Å². The van der Waals surface area contributed by atoms with Gasteiger partial charge in [0.2, 0.25) is 0 Å². The molecule has 0 saturated carbocycles. The van der Waals surface area contributed by atoms with Gasteiger partial charge in [0.25, 0.3) is 0 Å². The van der Waals surface area contributed by atoms with Crippen LogP contribution in [0.1, 0.15) is 29.9 Å². The summed E-state index contributed by atoms with van der Waals surface area (Å²) in [6, 6.07) is 8.54. The Kier molecular flexibility index (Phi) is 3.37. The average molecular weight is 215 g/mol. The summed E-state index contributed by atoms with van der Waals surface area (Å²) in [4.78, 5) is 7.21. The Balaban J connectivity index is 2.03. The van der Waals surface area contributed by atoms with Crippen molar-refractivity contribution in [1.82, 2.24) is 9.97 Å². The van der Waals surface area contributed by atoms with E-state index in [4.69, 9.17) is 5.73 Å². The van der Waals surface area contributed by atoms with Crippen molar-refractivity contribution >= 4 is 0 Å². The van der Waals surface area contributed by atoms with Crippen LogP contribution < -0.4 is 5.73 Å². The zero-order chi connectivity index (χ0) is 11.4. The third-order valence-corrected chi connectivity index (χ3v) is 2.76. The molecular formula is C13H17N3. The Hall–Kier alpha value is -1.61. The quantitative estimate of drug-likeness (QED) is 0.821. The minimum absolute atomic E-state index is 0.0533. The molecule has 0 aliphatic rings. The van der Waals surface area contributed by atoms with Gasteiger partial charge in [-0.3, -0.25) is 0 Å². The van der Waals surface area contributed by atoms with E-state index < -0.39 is 0 Å². The molecule has 0 amide bonds. The maximum absolute atomic E-state index is 6.05. The van der Waals surface area contributed by atoms with Crippen LogP contribution in [0.4, 0.5) is 0 Å². The van der Waals surface area contributed by atoms with Crippen LogP contribution in [0.2, 0.25) is 0 Å². The van der Waals surface area contributed by atoms with E-state index in [1.807, 2.05) is 0 Å². The summed E-state index contributed by atoms with van der Waals surface area (Å²) in [5.41, 5.74) is 8.66. The van der Waals surface area contributed by atoms with Crippen LogP contribution in [0.15, 0.2) is 36.7 Å². The van der Waals surface area contributed by atoms with Crippen molar-refractivity contribution in [2.75, 3.05) is 0 Å². The van der Waals surface area contributed by atoms with Crippen LogP contribution in [0, 0.1) is 0 Å². The number of hydrogen-bond donors (Lipinski definition) is 2. The monoisotopic (exact) mass is 215 g/mol. The molecule has 0 bridgehead atoms. The van der Waals surface area contributed by atoms with Gasteiger partial charge >= 0.3 is 0 Å². The van der Waals surface area contributed by atoms with E-state index in [2.05, 4.69) is 41.2 Å². The summed E-state index contributed by atoms with van der Waals surface area (Å²) in [6.07, 6.45) is 5.42. The third-order valence-electron chi connectivity index (χ3n) is 2.76. The van der Waals surface area contributed by atoms with Gasteiger partial charge < -0.3 is 10.7 Å². The number of nitrogens with one attached hydrogen (secondary N) is 1. The molecule has 0 spiro atoms. The summed E-state index contributed by atoms with van der Waals surface area (Å²) in [7, 11) is 0. The average Bonchev–Trinajstić information content (AvgIpc) is 2.83. The number of rotatable bonds is 4. The van der Waals surface area contributed by atoms with E-state index in [-0.39, 0.29) is 6.04 Å². The fourth-order valence-corrected chi connectivity index (χ4v) is 1.74. The molecule has 84 valence electrons. The predicted molar refractivity (Wildman–Crippen MR) is 65.0 cm³/mol. The molecule has 0 aliphatic carbocycles. The SMILES string of the molecule is CCc1ccc(CC(N)c2ncc[nH]2)cc1. The molecule has 1 aromatic carbocycles. The molecule has 1 heterocycles. The Morgan fingerprint density at radius 3 is 2.50 bits per heavy atom. The number of hydrogen-bond acceptors (Lipinski definition) is 2. The van der Waals surface area contributed by atoms with Gasteiger partial charge in [-0.15, -0.1) is 0 Å². The maximum atomic E-state index is 6.05. The maximum Gasteiger partial charge on any atom is 0.123 e. The smallest absolute Gasteiger partial charge is 0.123 e. The summed E-state index contributed by atoms with van der Waals surface area (Å²) in [6.45, 7) is 2.16. The van der Waals surface area contributed by atoms with Gasteiger partial charge in [0, 0.05) is 12.4 Å². The fourth-order valence-electron chi connectivity index (χ4n) is 1.74. The van der Waals surface area contributed by atoms with Crippen molar-refractivity contribution < 1.29 is 0 Å². The largest absolute Gasteiger partial charge is 0.347 e. The second-order valence-corrected chi connectivity index (χ2v) is 3.96. The van der Waals surface area contributed by atoms with E-state index >= 15 is 0 Å². The number of benzene rings is 1. The van der Waals surface area contributed by atoms with Gasteiger partial charge in [-0.2, -0.15) is 0 Å². The van der Waals surface area contributed by atoms with Crippen molar-refractivity contribution in [3.63, 3.8) is 0 Å². The number of imidazole rings is 1. The first-order valence-electron chi connectivity index (χ1n) is 5.62. The minimum Gasteiger partial charge on any atom is -0.347 e. The number of nitrogens with zero attached hydrogens (tertiary/aromatic N) is 1. The van der Waals surface area contributed by atoms with Crippen LogP contribution >= 0.6 is 0 Å². The highest BCUT2D eigenvalue weighted by Gasteiger charge is 2.08. The third kappa shape index (κ3) is 2.49. The number of aryl methyl sites for hydroxylation is 1. The second-order valence-electron chi connectivity index (χ2n) is 3.96. The van der Waals surface area contributed by atoms with E-state index in [0.29, 0.717) is 0 Å². The van der Waals surface area contributed by atoms with Crippen LogP contribution in [-0.4, -0.2) is 9.97 Å². The summed E-state index contributed by atoms with van der Waals surface area (Å²) >= 11 is 0. The molecule has 2 aromatic rings. The molecule has 1 atom stereocenters. The second kappa shape index (κ2) is 4.94. The van der Waals surface area contributed by atoms with Gasteiger partial charge in [0.15, 0.2) is 0 Å². The van der Waals surface area contributed by atoms with Crippen LogP contribution in [0.25, 0.3) is 0 Å². The van der Waals surface area contributed by atoms with E-state index in [0.717, 1.165) is 18.7 Å². The molecule has 1 unspecified atom stereocenters. The van der Waals surface area contributed by atoms with Gasteiger partial charge in [-0.05, 0) is 24.0 Å². The molecule has 2 rings (SSSR count). The zero-order valence-corrected chi connectivity index (χ0v) is 9.48. The normalized spacial score (nSPS) is 12.6. The summed E-state index contributed by atoms with van der Waals surface area (Å²) < 4.78 is 0. The molecule has 1 aromatic heterocycles. The summed E-state index contributed by atoms with van der Waals surface area (Å²) in [5.74, 6) is 0.847. The van der Waals surface area contributed by atoms with Gasteiger partial charge in [0.05, 0.1) is 6.04 Å². The lowest BCUT2D eigenvalue weighted by Gasteiger charge is -2.09. The first-order chi connectivity index (χ1) is 7.79. The van der Waals surface area contributed by atoms with Gasteiger partial charge in [-0.1, -0.05) is 31.2 Å². The molecule has 0 aliphatic heterocycles. The van der Waals surface area contributed by atoms with E-state index in [1.165, 1.54) is 11.1 Å².